The van der Waals surface area contributed by atoms with Crippen molar-refractivity contribution in [2.24, 2.45) is 0 Å². The number of esters is 2. The standard InChI is InChI=1S/C16H20O4/c1-4-19-15(17)10-9-13-7-5-6-8-14(13)11-16(18)20-12(2)3/h5-10,12H,4,11H2,1-3H3/b10-9+. The van der Waals surface area contributed by atoms with Crippen LogP contribution in [0, 0.1) is 0 Å². The van der Waals surface area contributed by atoms with Crippen molar-refractivity contribution in [3.63, 3.8) is 0 Å². The Balaban J connectivity index is 2.78. The van der Waals surface area contributed by atoms with E-state index in [9.17, 15) is 9.59 Å². The van der Waals surface area contributed by atoms with Crippen molar-refractivity contribution < 1.29 is 19.1 Å². The maximum absolute atomic E-state index is 11.7. The van der Waals surface area contributed by atoms with Crippen LogP contribution < -0.4 is 0 Å². The van der Waals surface area contributed by atoms with Crippen LogP contribution in [0.4, 0.5) is 0 Å². The fourth-order valence-electron chi connectivity index (χ4n) is 1.67. The Labute approximate surface area is 119 Å². The van der Waals surface area contributed by atoms with Crippen LogP contribution in [0.1, 0.15) is 31.9 Å². The van der Waals surface area contributed by atoms with E-state index < -0.39 is 5.97 Å². The Hall–Kier alpha value is -2.10. The number of hydrogen-bond acceptors (Lipinski definition) is 4. The Morgan fingerprint density at radius 3 is 2.60 bits per heavy atom. The van der Waals surface area contributed by atoms with E-state index in [1.54, 1.807) is 13.0 Å². The minimum atomic E-state index is -0.396. The van der Waals surface area contributed by atoms with E-state index >= 15 is 0 Å². The second-order valence-corrected chi connectivity index (χ2v) is 4.50. The maximum Gasteiger partial charge on any atom is 0.330 e. The molecule has 0 unspecified atom stereocenters. The summed E-state index contributed by atoms with van der Waals surface area (Å²) in [6, 6.07) is 7.38. The van der Waals surface area contributed by atoms with E-state index in [1.165, 1.54) is 6.08 Å². The van der Waals surface area contributed by atoms with Gasteiger partial charge in [0, 0.05) is 6.08 Å². The first-order chi connectivity index (χ1) is 9.52. The third kappa shape index (κ3) is 5.69. The zero-order valence-corrected chi connectivity index (χ0v) is 12.1. The summed E-state index contributed by atoms with van der Waals surface area (Å²) < 4.78 is 9.94. The molecule has 108 valence electrons. The fourth-order valence-corrected chi connectivity index (χ4v) is 1.67. The molecule has 0 amide bonds. The summed E-state index contributed by atoms with van der Waals surface area (Å²) in [4.78, 5) is 23.0. The third-order valence-corrected chi connectivity index (χ3v) is 2.44. The topological polar surface area (TPSA) is 52.6 Å². The van der Waals surface area contributed by atoms with Crippen LogP contribution in [0.3, 0.4) is 0 Å². The molecule has 0 aliphatic carbocycles. The Morgan fingerprint density at radius 2 is 1.95 bits per heavy atom. The van der Waals surface area contributed by atoms with Crippen molar-refractivity contribution in [2.45, 2.75) is 33.3 Å². The lowest BCUT2D eigenvalue weighted by Crippen LogP contribution is -2.14. The van der Waals surface area contributed by atoms with Gasteiger partial charge in [-0.2, -0.15) is 0 Å². The molecule has 1 rings (SSSR count). The van der Waals surface area contributed by atoms with Gasteiger partial charge >= 0.3 is 11.9 Å². The maximum atomic E-state index is 11.7. The van der Waals surface area contributed by atoms with Gasteiger partial charge < -0.3 is 9.47 Å². The Bertz CT molecular complexity index is 489. The fraction of sp³-hybridized carbons (Fsp3) is 0.375. The molecule has 20 heavy (non-hydrogen) atoms. The van der Waals surface area contributed by atoms with Gasteiger partial charge in [0.15, 0.2) is 0 Å². The average molecular weight is 276 g/mol. The summed E-state index contributed by atoms with van der Waals surface area (Å²) in [7, 11) is 0. The van der Waals surface area contributed by atoms with Gasteiger partial charge in [-0.3, -0.25) is 4.79 Å². The van der Waals surface area contributed by atoms with Gasteiger partial charge in [-0.05, 0) is 38.0 Å². The van der Waals surface area contributed by atoms with Crippen molar-refractivity contribution in [3.8, 4) is 0 Å². The van der Waals surface area contributed by atoms with E-state index in [1.807, 2.05) is 38.1 Å². The quantitative estimate of drug-likeness (QED) is 0.592. The first-order valence-electron chi connectivity index (χ1n) is 6.65. The predicted octanol–water partition coefficient (Wildman–Crippen LogP) is 2.76. The minimum Gasteiger partial charge on any atom is -0.463 e. The van der Waals surface area contributed by atoms with Crippen LogP contribution >= 0.6 is 0 Å². The monoisotopic (exact) mass is 276 g/mol. The molecule has 0 N–H and O–H groups in total. The summed E-state index contributed by atoms with van der Waals surface area (Å²) in [5.41, 5.74) is 1.62. The van der Waals surface area contributed by atoms with Gasteiger partial charge in [0.05, 0.1) is 19.1 Å². The highest BCUT2D eigenvalue weighted by Crippen LogP contribution is 2.12. The molecule has 0 spiro atoms. The van der Waals surface area contributed by atoms with Crippen LogP contribution in [-0.4, -0.2) is 24.6 Å². The molecular formula is C16H20O4. The molecule has 0 fully saturated rings. The predicted molar refractivity (Wildman–Crippen MR) is 77.0 cm³/mol. The Morgan fingerprint density at radius 1 is 1.25 bits per heavy atom. The van der Waals surface area contributed by atoms with Crippen LogP contribution in [0.15, 0.2) is 30.3 Å². The van der Waals surface area contributed by atoms with E-state index in [0.29, 0.717) is 6.61 Å². The number of carbonyl (C=O) groups is 2. The van der Waals surface area contributed by atoms with Crippen molar-refractivity contribution in [3.05, 3.63) is 41.5 Å². The number of hydrogen-bond donors (Lipinski definition) is 0. The summed E-state index contributed by atoms with van der Waals surface area (Å²) in [6.07, 6.45) is 3.05. The second kappa shape index (κ2) is 8.15. The first kappa shape index (κ1) is 16.0. The molecule has 1 aromatic carbocycles. The number of benzene rings is 1. The van der Waals surface area contributed by atoms with E-state index in [2.05, 4.69) is 0 Å². The van der Waals surface area contributed by atoms with Crippen molar-refractivity contribution >= 4 is 18.0 Å². The lowest BCUT2D eigenvalue weighted by atomic mass is 10.0. The van der Waals surface area contributed by atoms with Crippen LogP contribution in [0.2, 0.25) is 0 Å². The molecule has 0 atom stereocenters. The number of ether oxygens (including phenoxy) is 2. The lowest BCUT2D eigenvalue weighted by molar-refractivity contribution is -0.146. The molecule has 1 aromatic rings. The molecule has 0 aromatic heterocycles. The molecule has 4 heteroatoms. The highest BCUT2D eigenvalue weighted by atomic mass is 16.5. The minimum absolute atomic E-state index is 0.135. The normalized spacial score (nSPS) is 10.8. The van der Waals surface area contributed by atoms with Crippen LogP contribution in [0.25, 0.3) is 6.08 Å². The summed E-state index contributed by atoms with van der Waals surface area (Å²) in [6.45, 7) is 5.71. The smallest absolute Gasteiger partial charge is 0.330 e. The molecular weight excluding hydrogens is 256 g/mol. The molecule has 0 saturated carbocycles. The van der Waals surface area contributed by atoms with Crippen molar-refractivity contribution in [1.29, 1.82) is 0 Å². The van der Waals surface area contributed by atoms with Crippen molar-refractivity contribution in [1.82, 2.24) is 0 Å². The molecule has 0 saturated heterocycles. The molecule has 0 heterocycles. The zero-order chi connectivity index (χ0) is 15.0. The van der Waals surface area contributed by atoms with Gasteiger partial charge in [0.2, 0.25) is 0 Å². The van der Waals surface area contributed by atoms with Gasteiger partial charge in [-0.25, -0.2) is 4.79 Å². The molecule has 4 nitrogen and oxygen atoms in total. The molecule has 0 aliphatic rings. The highest BCUT2D eigenvalue weighted by Gasteiger charge is 2.09. The van der Waals surface area contributed by atoms with Gasteiger partial charge in [0.1, 0.15) is 0 Å². The van der Waals surface area contributed by atoms with Crippen LogP contribution in [-0.2, 0) is 25.5 Å². The molecule has 0 bridgehead atoms. The van der Waals surface area contributed by atoms with E-state index in [-0.39, 0.29) is 18.5 Å². The number of rotatable bonds is 6. The summed E-state index contributed by atoms with van der Waals surface area (Å²) in [5.74, 6) is -0.677. The van der Waals surface area contributed by atoms with Crippen molar-refractivity contribution in [2.75, 3.05) is 6.61 Å². The Kier molecular flexibility index (Phi) is 6.50. The van der Waals surface area contributed by atoms with Gasteiger partial charge in [-0.1, -0.05) is 24.3 Å². The third-order valence-electron chi connectivity index (χ3n) is 2.44. The molecule has 0 aliphatic heterocycles. The van der Waals surface area contributed by atoms with E-state index in [4.69, 9.17) is 9.47 Å². The zero-order valence-electron chi connectivity index (χ0n) is 12.1. The highest BCUT2D eigenvalue weighted by molar-refractivity contribution is 5.87. The number of carbonyl (C=O) groups excluding carboxylic acids is 2. The van der Waals surface area contributed by atoms with Crippen LogP contribution in [0.5, 0.6) is 0 Å². The first-order valence-corrected chi connectivity index (χ1v) is 6.65. The summed E-state index contributed by atoms with van der Waals surface area (Å²) >= 11 is 0. The summed E-state index contributed by atoms with van der Waals surface area (Å²) in [5, 5.41) is 0. The molecule has 0 radical (unpaired) electrons. The SMILES string of the molecule is CCOC(=O)/C=C/c1ccccc1CC(=O)OC(C)C. The lowest BCUT2D eigenvalue weighted by Gasteiger charge is -2.09. The largest absolute Gasteiger partial charge is 0.463 e. The van der Waals surface area contributed by atoms with Gasteiger partial charge in [-0.15, -0.1) is 0 Å². The average Bonchev–Trinajstić information content (AvgIpc) is 2.37. The second-order valence-electron chi connectivity index (χ2n) is 4.50. The van der Waals surface area contributed by atoms with Gasteiger partial charge in [0.25, 0.3) is 0 Å². The van der Waals surface area contributed by atoms with E-state index in [0.717, 1.165) is 11.1 Å².